The van der Waals surface area contributed by atoms with Gasteiger partial charge in [0.05, 0.1) is 22.2 Å². The average Bonchev–Trinajstić information content (AvgIpc) is 2.54. The molecule has 5 heteroatoms. The lowest BCUT2D eigenvalue weighted by molar-refractivity contribution is 0.594. The van der Waals surface area contributed by atoms with Gasteiger partial charge in [-0.15, -0.1) is 0 Å². The Morgan fingerprint density at radius 2 is 1.81 bits per heavy atom. The molecule has 4 nitrogen and oxygen atoms in total. The highest BCUT2D eigenvalue weighted by Crippen LogP contribution is 2.23. The quantitative estimate of drug-likeness (QED) is 0.872. The molecular formula is C16H16N2O2S. The Morgan fingerprint density at radius 3 is 2.38 bits per heavy atom. The number of nitrogens with zero attached hydrogens (tertiary/aromatic N) is 2. The van der Waals surface area contributed by atoms with Crippen LogP contribution in [0.4, 0.5) is 5.69 Å². The summed E-state index contributed by atoms with van der Waals surface area (Å²) in [6.07, 6.45) is 0.904. The molecule has 0 bridgehead atoms. The normalized spacial score (nSPS) is 10.9. The van der Waals surface area contributed by atoms with Gasteiger partial charge in [0.25, 0.3) is 10.0 Å². The number of nitriles is 1. The first-order valence-corrected chi connectivity index (χ1v) is 8.01. The van der Waals surface area contributed by atoms with Crippen molar-refractivity contribution in [2.75, 3.05) is 11.4 Å². The van der Waals surface area contributed by atoms with Crippen molar-refractivity contribution in [3.8, 4) is 6.07 Å². The third-order valence-electron chi connectivity index (χ3n) is 3.33. The number of hydrogen-bond acceptors (Lipinski definition) is 3. The second-order valence-corrected chi connectivity index (χ2v) is 6.60. The van der Waals surface area contributed by atoms with Crippen LogP contribution in [0.25, 0.3) is 0 Å². The minimum Gasteiger partial charge on any atom is -0.269 e. The largest absolute Gasteiger partial charge is 0.269 e. The monoisotopic (exact) mass is 300 g/mol. The van der Waals surface area contributed by atoms with Crippen molar-refractivity contribution in [1.82, 2.24) is 0 Å². The lowest BCUT2D eigenvalue weighted by Gasteiger charge is -2.19. The van der Waals surface area contributed by atoms with Crippen molar-refractivity contribution in [1.29, 1.82) is 5.26 Å². The standard InChI is InChI=1S/C16H16N2O2S/c1-3-13-7-9-15(10-8-13)18(2)21(19,20)16-6-4-5-14(11-16)12-17/h4-11H,3H2,1-2H3. The number of benzene rings is 2. The molecule has 21 heavy (non-hydrogen) atoms. The summed E-state index contributed by atoms with van der Waals surface area (Å²) >= 11 is 0. The van der Waals surface area contributed by atoms with Crippen LogP contribution in [0.15, 0.2) is 53.4 Å². The maximum atomic E-state index is 12.6. The first-order valence-electron chi connectivity index (χ1n) is 6.57. The fraction of sp³-hybridized carbons (Fsp3) is 0.188. The Kier molecular flexibility index (Phi) is 4.29. The van der Waals surface area contributed by atoms with Gasteiger partial charge in [-0.1, -0.05) is 25.1 Å². The minimum atomic E-state index is -3.66. The molecule has 0 saturated carbocycles. The molecule has 2 rings (SSSR count). The fourth-order valence-corrected chi connectivity index (χ4v) is 3.21. The number of sulfonamides is 1. The van der Waals surface area contributed by atoms with E-state index in [4.69, 9.17) is 5.26 Å². The zero-order chi connectivity index (χ0) is 15.5. The van der Waals surface area contributed by atoms with Crippen LogP contribution < -0.4 is 4.31 Å². The molecule has 0 N–H and O–H groups in total. The molecule has 2 aromatic carbocycles. The van der Waals surface area contributed by atoms with Crippen LogP contribution in [-0.2, 0) is 16.4 Å². The second kappa shape index (κ2) is 5.98. The Morgan fingerprint density at radius 1 is 1.14 bits per heavy atom. The van der Waals surface area contributed by atoms with Crippen molar-refractivity contribution in [3.63, 3.8) is 0 Å². The van der Waals surface area contributed by atoms with E-state index in [2.05, 4.69) is 0 Å². The van der Waals surface area contributed by atoms with E-state index in [1.54, 1.807) is 24.3 Å². The third kappa shape index (κ3) is 3.06. The Labute approximate surface area is 125 Å². The molecular weight excluding hydrogens is 284 g/mol. The van der Waals surface area contributed by atoms with Crippen molar-refractivity contribution in [2.45, 2.75) is 18.2 Å². The summed E-state index contributed by atoms with van der Waals surface area (Å²) in [5, 5.41) is 8.88. The van der Waals surface area contributed by atoms with Gasteiger partial charge in [0, 0.05) is 7.05 Å². The van der Waals surface area contributed by atoms with E-state index in [1.165, 1.54) is 23.5 Å². The lowest BCUT2D eigenvalue weighted by Crippen LogP contribution is -2.26. The van der Waals surface area contributed by atoms with E-state index in [9.17, 15) is 8.42 Å². The Balaban J connectivity index is 2.39. The predicted octanol–water partition coefficient (Wildman–Crippen LogP) is 2.95. The molecule has 0 aliphatic carbocycles. The van der Waals surface area contributed by atoms with Crippen molar-refractivity contribution < 1.29 is 8.42 Å². The van der Waals surface area contributed by atoms with Crippen LogP contribution in [0.5, 0.6) is 0 Å². The zero-order valence-corrected chi connectivity index (χ0v) is 12.8. The second-order valence-electron chi connectivity index (χ2n) is 4.63. The van der Waals surface area contributed by atoms with Crippen LogP contribution >= 0.6 is 0 Å². The van der Waals surface area contributed by atoms with Gasteiger partial charge < -0.3 is 0 Å². The van der Waals surface area contributed by atoms with Crippen LogP contribution in [0.2, 0.25) is 0 Å². The van der Waals surface area contributed by atoms with Gasteiger partial charge >= 0.3 is 0 Å². The molecule has 0 radical (unpaired) electrons. The molecule has 0 aliphatic rings. The summed E-state index contributed by atoms with van der Waals surface area (Å²) in [5.74, 6) is 0. The summed E-state index contributed by atoms with van der Waals surface area (Å²) in [4.78, 5) is 0.114. The molecule has 0 aromatic heterocycles. The van der Waals surface area contributed by atoms with Gasteiger partial charge in [-0.2, -0.15) is 5.26 Å². The van der Waals surface area contributed by atoms with E-state index in [1.807, 2.05) is 25.1 Å². The molecule has 2 aromatic rings. The van der Waals surface area contributed by atoms with Crippen molar-refractivity contribution in [3.05, 3.63) is 59.7 Å². The van der Waals surface area contributed by atoms with Crippen LogP contribution in [0.3, 0.4) is 0 Å². The van der Waals surface area contributed by atoms with Gasteiger partial charge in [-0.3, -0.25) is 4.31 Å². The smallest absolute Gasteiger partial charge is 0.264 e. The molecule has 0 aliphatic heterocycles. The maximum absolute atomic E-state index is 12.6. The van der Waals surface area contributed by atoms with Gasteiger partial charge in [0.1, 0.15) is 0 Å². The molecule has 0 atom stereocenters. The minimum absolute atomic E-state index is 0.114. The van der Waals surface area contributed by atoms with Crippen LogP contribution in [0, 0.1) is 11.3 Å². The van der Waals surface area contributed by atoms with Crippen molar-refractivity contribution in [2.24, 2.45) is 0 Å². The molecule has 0 saturated heterocycles. The summed E-state index contributed by atoms with van der Waals surface area (Å²) in [5.41, 5.74) is 2.07. The summed E-state index contributed by atoms with van der Waals surface area (Å²) in [6, 6.07) is 15.4. The highest BCUT2D eigenvalue weighted by atomic mass is 32.2. The lowest BCUT2D eigenvalue weighted by atomic mass is 10.1. The summed E-state index contributed by atoms with van der Waals surface area (Å²) < 4.78 is 26.4. The molecule has 0 fully saturated rings. The SMILES string of the molecule is CCc1ccc(N(C)S(=O)(=O)c2cccc(C#N)c2)cc1. The fourth-order valence-electron chi connectivity index (χ4n) is 1.96. The molecule has 0 heterocycles. The number of anilines is 1. The van der Waals surface area contributed by atoms with Gasteiger partial charge in [-0.25, -0.2) is 8.42 Å². The topological polar surface area (TPSA) is 61.2 Å². The van der Waals surface area contributed by atoms with E-state index in [0.717, 1.165) is 12.0 Å². The molecule has 0 unspecified atom stereocenters. The third-order valence-corrected chi connectivity index (χ3v) is 5.11. The summed E-state index contributed by atoms with van der Waals surface area (Å²) in [7, 11) is -2.15. The number of hydrogen-bond donors (Lipinski definition) is 0. The van der Waals surface area contributed by atoms with E-state index in [0.29, 0.717) is 11.3 Å². The average molecular weight is 300 g/mol. The highest BCUT2D eigenvalue weighted by Gasteiger charge is 2.21. The van der Waals surface area contributed by atoms with Crippen molar-refractivity contribution >= 4 is 15.7 Å². The summed E-state index contributed by atoms with van der Waals surface area (Å²) in [6.45, 7) is 2.04. The maximum Gasteiger partial charge on any atom is 0.264 e. The highest BCUT2D eigenvalue weighted by molar-refractivity contribution is 7.92. The number of aryl methyl sites for hydroxylation is 1. The predicted molar refractivity (Wildman–Crippen MR) is 82.6 cm³/mol. The van der Waals surface area contributed by atoms with Gasteiger partial charge in [-0.05, 0) is 42.3 Å². The van der Waals surface area contributed by atoms with Gasteiger partial charge in [0.15, 0.2) is 0 Å². The number of rotatable bonds is 4. The first-order chi connectivity index (χ1) is 9.98. The van der Waals surface area contributed by atoms with Crippen LogP contribution in [0.1, 0.15) is 18.1 Å². The van der Waals surface area contributed by atoms with Crippen LogP contribution in [-0.4, -0.2) is 15.5 Å². The Hall–Kier alpha value is -2.32. The molecule has 0 spiro atoms. The van der Waals surface area contributed by atoms with Gasteiger partial charge in [0.2, 0.25) is 0 Å². The molecule has 108 valence electrons. The Bertz CT molecular complexity index is 775. The zero-order valence-electron chi connectivity index (χ0n) is 11.9. The first kappa shape index (κ1) is 15.1. The molecule has 0 amide bonds. The van der Waals surface area contributed by atoms with E-state index >= 15 is 0 Å². The van der Waals surface area contributed by atoms with E-state index in [-0.39, 0.29) is 4.90 Å². The van der Waals surface area contributed by atoms with E-state index < -0.39 is 10.0 Å².